The zero-order valence-corrected chi connectivity index (χ0v) is 14.0. The fraction of sp³-hybridized carbons (Fsp3) is 0.588. The summed E-state index contributed by atoms with van der Waals surface area (Å²) in [5, 5.41) is 0.748. The van der Waals surface area contributed by atoms with E-state index in [9.17, 15) is 0 Å². The molecule has 1 heterocycles. The average Bonchev–Trinajstić information content (AvgIpc) is 2.79. The van der Waals surface area contributed by atoms with Gasteiger partial charge in [-0.05, 0) is 56.3 Å². The lowest BCUT2D eigenvalue weighted by molar-refractivity contribution is 0.338. The molecule has 2 aromatic rings. The molecule has 0 saturated carbocycles. The number of hydrogen-bond donors (Lipinski definition) is 1. The first-order valence-electron chi connectivity index (χ1n) is 7.91. The summed E-state index contributed by atoms with van der Waals surface area (Å²) < 4.78 is 2.30. The van der Waals surface area contributed by atoms with Crippen molar-refractivity contribution in [1.82, 2.24) is 9.55 Å². The first kappa shape index (κ1) is 16.3. The van der Waals surface area contributed by atoms with Crippen LogP contribution in [-0.2, 0) is 13.0 Å². The number of nitrogens with zero attached hydrogens (tertiary/aromatic N) is 2. The van der Waals surface area contributed by atoms with Crippen LogP contribution in [0.25, 0.3) is 11.0 Å². The van der Waals surface area contributed by atoms with Crippen molar-refractivity contribution < 1.29 is 0 Å². The summed E-state index contributed by atoms with van der Waals surface area (Å²) in [6, 6.07) is 5.96. The van der Waals surface area contributed by atoms with Gasteiger partial charge >= 0.3 is 0 Å². The Morgan fingerprint density at radius 2 is 2.05 bits per heavy atom. The van der Waals surface area contributed by atoms with Gasteiger partial charge in [-0.15, -0.1) is 0 Å². The number of halogens is 1. The molecular formula is C17H26ClN3. The Kier molecular flexibility index (Phi) is 5.65. The highest BCUT2D eigenvalue weighted by Gasteiger charge is 2.15. The van der Waals surface area contributed by atoms with Crippen LogP contribution in [0.2, 0.25) is 5.02 Å². The lowest BCUT2D eigenvalue weighted by Crippen LogP contribution is -2.16. The SMILES string of the molecule is CCn1c(CCC(CCN)C(C)C)nc2cc(Cl)ccc21. The van der Waals surface area contributed by atoms with Crippen LogP contribution >= 0.6 is 11.6 Å². The number of aromatic nitrogens is 2. The van der Waals surface area contributed by atoms with Crippen LogP contribution in [-0.4, -0.2) is 16.1 Å². The summed E-state index contributed by atoms with van der Waals surface area (Å²) in [6.07, 6.45) is 3.24. The third-order valence-corrected chi connectivity index (χ3v) is 4.56. The summed E-state index contributed by atoms with van der Waals surface area (Å²) in [4.78, 5) is 4.78. The Bertz CT molecular complexity index is 589. The van der Waals surface area contributed by atoms with Gasteiger partial charge in [0.05, 0.1) is 11.0 Å². The largest absolute Gasteiger partial charge is 0.330 e. The lowest BCUT2D eigenvalue weighted by atomic mass is 9.88. The van der Waals surface area contributed by atoms with Crippen molar-refractivity contribution >= 4 is 22.6 Å². The molecular weight excluding hydrogens is 282 g/mol. The third-order valence-electron chi connectivity index (χ3n) is 4.32. The zero-order valence-electron chi connectivity index (χ0n) is 13.3. The van der Waals surface area contributed by atoms with E-state index in [-0.39, 0.29) is 0 Å². The number of imidazole rings is 1. The number of fused-ring (bicyclic) bond motifs is 1. The van der Waals surface area contributed by atoms with Crippen LogP contribution in [0.5, 0.6) is 0 Å². The second-order valence-corrected chi connectivity index (χ2v) is 6.46. The average molecular weight is 308 g/mol. The number of hydrogen-bond acceptors (Lipinski definition) is 2. The zero-order chi connectivity index (χ0) is 15.4. The Hall–Kier alpha value is -1.06. The van der Waals surface area contributed by atoms with Gasteiger partial charge in [0.25, 0.3) is 0 Å². The second-order valence-electron chi connectivity index (χ2n) is 6.03. The van der Waals surface area contributed by atoms with Gasteiger partial charge in [0.2, 0.25) is 0 Å². The fourth-order valence-corrected chi connectivity index (χ4v) is 3.20. The molecule has 21 heavy (non-hydrogen) atoms. The molecule has 1 aromatic heterocycles. The molecule has 0 saturated heterocycles. The quantitative estimate of drug-likeness (QED) is 0.830. The summed E-state index contributed by atoms with van der Waals surface area (Å²) >= 11 is 6.07. The van der Waals surface area contributed by atoms with Gasteiger partial charge in [-0.1, -0.05) is 25.4 Å². The molecule has 0 aliphatic heterocycles. The minimum Gasteiger partial charge on any atom is -0.330 e. The maximum Gasteiger partial charge on any atom is 0.109 e. The molecule has 0 radical (unpaired) electrons. The second kappa shape index (κ2) is 7.28. The molecule has 0 spiro atoms. The molecule has 0 amide bonds. The predicted molar refractivity (Wildman–Crippen MR) is 90.7 cm³/mol. The molecule has 2 rings (SSSR count). The van der Waals surface area contributed by atoms with Crippen molar-refractivity contribution in [2.45, 2.75) is 46.6 Å². The number of benzene rings is 1. The number of aryl methyl sites for hydroxylation is 2. The van der Waals surface area contributed by atoms with Crippen LogP contribution in [0.15, 0.2) is 18.2 Å². The molecule has 1 unspecified atom stereocenters. The molecule has 116 valence electrons. The smallest absolute Gasteiger partial charge is 0.109 e. The Balaban J connectivity index is 2.21. The maximum atomic E-state index is 6.07. The van der Waals surface area contributed by atoms with Gasteiger partial charge < -0.3 is 10.3 Å². The van der Waals surface area contributed by atoms with E-state index in [1.165, 1.54) is 5.52 Å². The molecule has 0 bridgehead atoms. The molecule has 0 aliphatic rings. The minimum atomic E-state index is 0.669. The Morgan fingerprint density at radius 3 is 2.67 bits per heavy atom. The van der Waals surface area contributed by atoms with Gasteiger partial charge in [-0.3, -0.25) is 0 Å². The van der Waals surface area contributed by atoms with E-state index in [1.54, 1.807) is 0 Å². The van der Waals surface area contributed by atoms with Crippen molar-refractivity contribution in [2.24, 2.45) is 17.6 Å². The molecule has 3 nitrogen and oxygen atoms in total. The molecule has 4 heteroatoms. The van der Waals surface area contributed by atoms with Crippen molar-refractivity contribution in [3.63, 3.8) is 0 Å². The van der Waals surface area contributed by atoms with Crippen molar-refractivity contribution in [3.8, 4) is 0 Å². The molecule has 0 fully saturated rings. The van der Waals surface area contributed by atoms with E-state index in [0.29, 0.717) is 11.8 Å². The normalized spacial score (nSPS) is 13.2. The third kappa shape index (κ3) is 3.78. The van der Waals surface area contributed by atoms with E-state index in [4.69, 9.17) is 22.3 Å². The minimum absolute atomic E-state index is 0.669. The van der Waals surface area contributed by atoms with Crippen molar-refractivity contribution in [1.29, 1.82) is 0 Å². The summed E-state index contributed by atoms with van der Waals surface area (Å²) in [5.74, 6) is 2.50. The van der Waals surface area contributed by atoms with Gasteiger partial charge in [-0.25, -0.2) is 4.98 Å². The van der Waals surface area contributed by atoms with Crippen LogP contribution in [0.4, 0.5) is 0 Å². The van der Waals surface area contributed by atoms with Gasteiger partial charge in [0, 0.05) is 18.0 Å². The van der Waals surface area contributed by atoms with E-state index in [1.807, 2.05) is 12.1 Å². The van der Waals surface area contributed by atoms with Crippen molar-refractivity contribution in [2.75, 3.05) is 6.54 Å². The fourth-order valence-electron chi connectivity index (χ4n) is 3.04. The van der Waals surface area contributed by atoms with Crippen LogP contribution in [0.3, 0.4) is 0 Å². The van der Waals surface area contributed by atoms with E-state index in [2.05, 4.69) is 31.4 Å². The summed E-state index contributed by atoms with van der Waals surface area (Å²) in [7, 11) is 0. The summed E-state index contributed by atoms with van der Waals surface area (Å²) in [5.41, 5.74) is 7.91. The van der Waals surface area contributed by atoms with Gasteiger partial charge in [0.1, 0.15) is 5.82 Å². The van der Waals surface area contributed by atoms with Crippen LogP contribution < -0.4 is 5.73 Å². The predicted octanol–water partition coefficient (Wildman–Crippen LogP) is 4.26. The molecule has 1 atom stereocenters. The molecule has 1 aromatic carbocycles. The van der Waals surface area contributed by atoms with Crippen LogP contribution in [0.1, 0.15) is 39.4 Å². The van der Waals surface area contributed by atoms with Crippen LogP contribution in [0, 0.1) is 11.8 Å². The Labute approximate surface area is 132 Å². The highest BCUT2D eigenvalue weighted by atomic mass is 35.5. The highest BCUT2D eigenvalue weighted by Crippen LogP contribution is 2.24. The number of nitrogens with two attached hydrogens (primary N) is 1. The first-order valence-corrected chi connectivity index (χ1v) is 8.29. The van der Waals surface area contributed by atoms with Gasteiger partial charge in [0.15, 0.2) is 0 Å². The highest BCUT2D eigenvalue weighted by molar-refractivity contribution is 6.31. The number of rotatable bonds is 7. The van der Waals surface area contributed by atoms with Crippen molar-refractivity contribution in [3.05, 3.63) is 29.0 Å². The van der Waals surface area contributed by atoms with Gasteiger partial charge in [-0.2, -0.15) is 0 Å². The van der Waals surface area contributed by atoms with E-state index >= 15 is 0 Å². The van der Waals surface area contributed by atoms with E-state index in [0.717, 1.165) is 48.7 Å². The maximum absolute atomic E-state index is 6.07. The first-order chi connectivity index (χ1) is 10.1. The Morgan fingerprint density at radius 1 is 1.29 bits per heavy atom. The standard InChI is InChI=1S/C17H26ClN3/c1-4-21-16-7-6-14(18)11-15(16)20-17(21)8-5-13(9-10-19)12(2)3/h6-7,11-13H,4-5,8-10,19H2,1-3H3. The van der Waals surface area contributed by atoms with E-state index < -0.39 is 0 Å². The molecule has 2 N–H and O–H groups in total. The molecule has 0 aliphatic carbocycles. The monoisotopic (exact) mass is 307 g/mol. The topological polar surface area (TPSA) is 43.8 Å². The summed E-state index contributed by atoms with van der Waals surface area (Å²) in [6.45, 7) is 8.43. The lowest BCUT2D eigenvalue weighted by Gasteiger charge is -2.20.